The van der Waals surface area contributed by atoms with E-state index in [0.29, 0.717) is 6.04 Å². The Morgan fingerprint density at radius 3 is 2.39 bits per heavy atom. The van der Waals surface area contributed by atoms with Crippen LogP contribution in [0.25, 0.3) is 0 Å². The molecule has 0 aliphatic rings. The Labute approximate surface area is 111 Å². The van der Waals surface area contributed by atoms with Gasteiger partial charge in [-0.05, 0) is 18.4 Å². The van der Waals surface area contributed by atoms with Crippen molar-refractivity contribution < 1.29 is 5.11 Å². The smallest absolute Gasteiger partial charge is 0.0600 e. The lowest BCUT2D eigenvalue weighted by Gasteiger charge is -2.31. The number of hydrogen-bond acceptors (Lipinski definition) is 3. The first kappa shape index (κ1) is 15.2. The van der Waals surface area contributed by atoms with Gasteiger partial charge >= 0.3 is 0 Å². The summed E-state index contributed by atoms with van der Waals surface area (Å²) in [6.07, 6.45) is 3.17. The third-order valence-corrected chi connectivity index (χ3v) is 3.37. The Hall–Kier alpha value is -0.900. The highest BCUT2D eigenvalue weighted by molar-refractivity contribution is 5.18. The van der Waals surface area contributed by atoms with Crippen LogP contribution in [0, 0.1) is 0 Å². The molecule has 0 aromatic heterocycles. The standard InChI is InChI=1S/C15H26N2O/c1-4-9-15(13-10-7-6-8-11-13)16-17(3)14(5-2)12-18/h6-8,10-11,14-16,18H,4-5,9,12H2,1-3H3/t14-,15-/m1/s1. The molecule has 0 aliphatic heterocycles. The van der Waals surface area contributed by atoms with Gasteiger partial charge < -0.3 is 5.11 Å². The maximum atomic E-state index is 9.33. The normalized spacial score (nSPS) is 14.7. The van der Waals surface area contributed by atoms with Gasteiger partial charge in [0.25, 0.3) is 0 Å². The lowest BCUT2D eigenvalue weighted by Crippen LogP contribution is -2.45. The molecule has 102 valence electrons. The Morgan fingerprint density at radius 2 is 1.89 bits per heavy atom. The van der Waals surface area contributed by atoms with E-state index in [2.05, 4.69) is 43.5 Å². The summed E-state index contributed by atoms with van der Waals surface area (Å²) in [6, 6.07) is 11.0. The molecule has 3 heteroatoms. The zero-order valence-corrected chi connectivity index (χ0v) is 11.8. The van der Waals surface area contributed by atoms with E-state index in [-0.39, 0.29) is 12.6 Å². The quantitative estimate of drug-likeness (QED) is 0.696. The molecule has 0 unspecified atom stereocenters. The lowest BCUT2D eigenvalue weighted by molar-refractivity contribution is 0.0805. The van der Waals surface area contributed by atoms with Crippen molar-refractivity contribution >= 4 is 0 Å². The Bertz CT molecular complexity index is 312. The SMILES string of the molecule is CCC[C@@H](NN(C)[C@H](CC)CO)c1ccccc1. The van der Waals surface area contributed by atoms with E-state index in [1.807, 2.05) is 18.1 Å². The van der Waals surface area contributed by atoms with Crippen molar-refractivity contribution in [2.75, 3.05) is 13.7 Å². The van der Waals surface area contributed by atoms with Crippen LogP contribution < -0.4 is 5.43 Å². The second-order valence-corrected chi connectivity index (χ2v) is 4.74. The molecule has 0 spiro atoms. The lowest BCUT2D eigenvalue weighted by atomic mass is 10.0. The fourth-order valence-corrected chi connectivity index (χ4v) is 2.16. The molecule has 3 nitrogen and oxygen atoms in total. The monoisotopic (exact) mass is 250 g/mol. The van der Waals surface area contributed by atoms with E-state index in [1.165, 1.54) is 5.56 Å². The number of benzene rings is 1. The molecule has 0 bridgehead atoms. The molecular formula is C15H26N2O. The third kappa shape index (κ3) is 4.41. The molecule has 0 saturated heterocycles. The van der Waals surface area contributed by atoms with E-state index >= 15 is 0 Å². The molecule has 0 fully saturated rings. The van der Waals surface area contributed by atoms with Crippen LogP contribution in [0.5, 0.6) is 0 Å². The van der Waals surface area contributed by atoms with Gasteiger partial charge in [-0.15, -0.1) is 0 Å². The summed E-state index contributed by atoms with van der Waals surface area (Å²) in [6.45, 7) is 4.48. The summed E-state index contributed by atoms with van der Waals surface area (Å²) >= 11 is 0. The molecule has 18 heavy (non-hydrogen) atoms. The summed E-state index contributed by atoms with van der Waals surface area (Å²) in [7, 11) is 2.01. The maximum Gasteiger partial charge on any atom is 0.0600 e. The predicted molar refractivity (Wildman–Crippen MR) is 76.2 cm³/mol. The molecule has 2 atom stereocenters. The Morgan fingerprint density at radius 1 is 1.22 bits per heavy atom. The van der Waals surface area contributed by atoms with Crippen molar-refractivity contribution in [3.05, 3.63) is 35.9 Å². The molecule has 0 aliphatic carbocycles. The number of hydrogen-bond donors (Lipinski definition) is 2. The van der Waals surface area contributed by atoms with Gasteiger partial charge in [-0.2, -0.15) is 0 Å². The van der Waals surface area contributed by atoms with Crippen LogP contribution in [0.2, 0.25) is 0 Å². The number of likely N-dealkylation sites (N-methyl/N-ethyl adjacent to an activating group) is 1. The first-order valence-corrected chi connectivity index (χ1v) is 6.87. The van der Waals surface area contributed by atoms with Crippen LogP contribution in [-0.2, 0) is 0 Å². The molecule has 0 saturated carbocycles. The summed E-state index contributed by atoms with van der Waals surface area (Å²) in [5.41, 5.74) is 4.81. The van der Waals surface area contributed by atoms with Gasteiger partial charge in [-0.25, -0.2) is 10.4 Å². The molecule has 1 aromatic carbocycles. The molecule has 2 N–H and O–H groups in total. The Balaban J connectivity index is 2.69. The van der Waals surface area contributed by atoms with Gasteiger partial charge in [0.15, 0.2) is 0 Å². The fraction of sp³-hybridized carbons (Fsp3) is 0.600. The second kappa shape index (κ2) is 8.25. The maximum absolute atomic E-state index is 9.33. The van der Waals surface area contributed by atoms with E-state index in [1.54, 1.807) is 0 Å². The highest BCUT2D eigenvalue weighted by Gasteiger charge is 2.16. The first-order valence-electron chi connectivity index (χ1n) is 6.87. The molecule has 1 rings (SSSR count). The predicted octanol–water partition coefficient (Wildman–Crippen LogP) is 2.74. The molecule has 0 radical (unpaired) electrons. The molecule has 0 amide bonds. The van der Waals surface area contributed by atoms with Crippen molar-refractivity contribution in [3.8, 4) is 0 Å². The highest BCUT2D eigenvalue weighted by Crippen LogP contribution is 2.19. The third-order valence-electron chi connectivity index (χ3n) is 3.37. The van der Waals surface area contributed by atoms with Crippen LogP contribution in [0.15, 0.2) is 30.3 Å². The van der Waals surface area contributed by atoms with Gasteiger partial charge in [0.2, 0.25) is 0 Å². The molecular weight excluding hydrogens is 224 g/mol. The van der Waals surface area contributed by atoms with E-state index < -0.39 is 0 Å². The van der Waals surface area contributed by atoms with Gasteiger partial charge in [0, 0.05) is 19.1 Å². The summed E-state index contributed by atoms with van der Waals surface area (Å²) in [5, 5.41) is 11.4. The number of aliphatic hydroxyl groups excluding tert-OH is 1. The van der Waals surface area contributed by atoms with Crippen molar-refractivity contribution in [3.63, 3.8) is 0 Å². The van der Waals surface area contributed by atoms with E-state index in [9.17, 15) is 5.11 Å². The van der Waals surface area contributed by atoms with Crippen molar-refractivity contribution in [2.24, 2.45) is 0 Å². The van der Waals surface area contributed by atoms with Crippen LogP contribution in [0.3, 0.4) is 0 Å². The summed E-state index contributed by atoms with van der Waals surface area (Å²) < 4.78 is 0. The topological polar surface area (TPSA) is 35.5 Å². The van der Waals surface area contributed by atoms with Crippen molar-refractivity contribution in [1.82, 2.24) is 10.4 Å². The zero-order valence-electron chi connectivity index (χ0n) is 11.8. The average molecular weight is 250 g/mol. The minimum atomic E-state index is 0.174. The van der Waals surface area contributed by atoms with E-state index in [0.717, 1.165) is 19.3 Å². The Kier molecular flexibility index (Phi) is 6.94. The van der Waals surface area contributed by atoms with Gasteiger partial charge in [0.1, 0.15) is 0 Å². The minimum Gasteiger partial charge on any atom is -0.395 e. The van der Waals surface area contributed by atoms with Gasteiger partial charge in [0.05, 0.1) is 6.61 Å². The number of nitrogens with one attached hydrogen (secondary N) is 1. The fourth-order valence-electron chi connectivity index (χ4n) is 2.16. The minimum absolute atomic E-state index is 0.174. The number of aliphatic hydroxyl groups is 1. The number of rotatable bonds is 8. The van der Waals surface area contributed by atoms with Crippen molar-refractivity contribution in [1.29, 1.82) is 0 Å². The second-order valence-electron chi connectivity index (χ2n) is 4.74. The number of hydrazine groups is 1. The average Bonchev–Trinajstić information content (AvgIpc) is 2.40. The van der Waals surface area contributed by atoms with E-state index in [4.69, 9.17) is 0 Å². The summed E-state index contributed by atoms with van der Waals surface area (Å²) in [5.74, 6) is 0. The highest BCUT2D eigenvalue weighted by atomic mass is 16.3. The largest absolute Gasteiger partial charge is 0.395 e. The zero-order chi connectivity index (χ0) is 13.4. The van der Waals surface area contributed by atoms with Crippen LogP contribution in [0.1, 0.15) is 44.7 Å². The molecule has 0 heterocycles. The van der Waals surface area contributed by atoms with Crippen LogP contribution >= 0.6 is 0 Å². The summed E-state index contributed by atoms with van der Waals surface area (Å²) in [4.78, 5) is 0. The van der Waals surface area contributed by atoms with Crippen LogP contribution in [0.4, 0.5) is 0 Å². The van der Waals surface area contributed by atoms with Gasteiger partial charge in [-0.3, -0.25) is 0 Å². The first-order chi connectivity index (χ1) is 8.72. The van der Waals surface area contributed by atoms with Crippen LogP contribution in [-0.4, -0.2) is 29.8 Å². The molecule has 1 aromatic rings. The van der Waals surface area contributed by atoms with Gasteiger partial charge in [-0.1, -0.05) is 50.6 Å². The number of nitrogens with zero attached hydrogens (tertiary/aromatic N) is 1. The van der Waals surface area contributed by atoms with Crippen molar-refractivity contribution in [2.45, 2.75) is 45.2 Å².